The zero-order chi connectivity index (χ0) is 12.4. The van der Waals surface area contributed by atoms with Crippen molar-refractivity contribution < 1.29 is 23.8 Å². The minimum absolute atomic E-state index is 0.0847. The van der Waals surface area contributed by atoms with Crippen molar-refractivity contribution in [1.82, 2.24) is 0 Å². The van der Waals surface area contributed by atoms with E-state index in [1.54, 1.807) is 0 Å². The fourth-order valence-electron chi connectivity index (χ4n) is 0.822. The van der Waals surface area contributed by atoms with E-state index in [-0.39, 0.29) is 26.4 Å². The Hall–Kier alpha value is -1.40. The van der Waals surface area contributed by atoms with Gasteiger partial charge in [0.05, 0.1) is 6.61 Å². The van der Waals surface area contributed by atoms with Crippen LogP contribution in [0.5, 0.6) is 0 Å². The molecule has 0 bridgehead atoms. The van der Waals surface area contributed by atoms with Crippen LogP contribution in [-0.4, -0.2) is 44.4 Å². The summed E-state index contributed by atoms with van der Waals surface area (Å²) < 4.78 is 14.5. The molecule has 0 aliphatic carbocycles. The van der Waals surface area contributed by atoms with Gasteiger partial charge in [-0.3, -0.25) is 4.79 Å². The predicted octanol–water partition coefficient (Wildman–Crippen LogP) is -0.377. The maximum absolute atomic E-state index is 11.4. The minimum Gasteiger partial charge on any atom is -0.462 e. The molecule has 6 heteroatoms. The molecular weight excluding hydrogens is 214 g/mol. The second-order valence-electron chi connectivity index (χ2n) is 2.87. The first-order valence-electron chi connectivity index (χ1n) is 4.84. The van der Waals surface area contributed by atoms with Crippen LogP contribution in [0.4, 0.5) is 0 Å². The van der Waals surface area contributed by atoms with Crippen LogP contribution in [-0.2, 0) is 23.8 Å². The van der Waals surface area contributed by atoms with E-state index in [0.717, 1.165) is 0 Å². The maximum atomic E-state index is 11.4. The van der Waals surface area contributed by atoms with Crippen LogP contribution in [0.25, 0.3) is 0 Å². The lowest BCUT2D eigenvalue weighted by atomic mass is 10.4. The van der Waals surface area contributed by atoms with Gasteiger partial charge in [-0.2, -0.15) is 0 Å². The molecule has 1 atom stereocenters. The highest BCUT2D eigenvalue weighted by atomic mass is 16.6. The largest absolute Gasteiger partial charge is 0.462 e. The molecule has 0 fully saturated rings. The highest BCUT2D eigenvalue weighted by Crippen LogP contribution is 1.98. The summed E-state index contributed by atoms with van der Waals surface area (Å²) >= 11 is 0. The van der Waals surface area contributed by atoms with Crippen molar-refractivity contribution in [3.05, 3.63) is 12.7 Å². The van der Waals surface area contributed by atoms with Crippen LogP contribution >= 0.6 is 0 Å². The number of hydrogen-bond acceptors (Lipinski definition) is 6. The number of nitrogens with two attached hydrogens (primary N) is 1. The van der Waals surface area contributed by atoms with Gasteiger partial charge in [0.1, 0.15) is 13.2 Å². The smallest absolute Gasteiger partial charge is 0.339 e. The lowest BCUT2D eigenvalue weighted by molar-refractivity contribution is -0.163. The number of carbonyl (C=O) groups is 2. The van der Waals surface area contributed by atoms with Crippen molar-refractivity contribution in [3.8, 4) is 0 Å². The summed E-state index contributed by atoms with van der Waals surface area (Å²) in [5, 5.41) is 0. The van der Waals surface area contributed by atoms with E-state index in [1.807, 2.05) is 0 Å². The topological polar surface area (TPSA) is 87.8 Å². The van der Waals surface area contributed by atoms with Gasteiger partial charge in [-0.05, 0) is 0 Å². The van der Waals surface area contributed by atoms with Crippen LogP contribution in [0.15, 0.2) is 12.7 Å². The van der Waals surface area contributed by atoms with Crippen LogP contribution in [0.2, 0.25) is 0 Å². The third-order valence-corrected chi connectivity index (χ3v) is 1.48. The quantitative estimate of drug-likeness (QED) is 0.452. The molecule has 0 saturated heterocycles. The molecule has 0 heterocycles. The van der Waals surface area contributed by atoms with Crippen molar-refractivity contribution in [1.29, 1.82) is 0 Å². The standard InChI is InChI=1S/C10H17NO5/c1-3-5-15-10(13)9(14-6-4-11)7-16-8(2)12/h3,9H,1,4-7,11H2,2H3. The summed E-state index contributed by atoms with van der Waals surface area (Å²) in [5.74, 6) is -1.09. The highest BCUT2D eigenvalue weighted by molar-refractivity contribution is 5.75. The predicted molar refractivity (Wildman–Crippen MR) is 56.6 cm³/mol. The molecule has 6 nitrogen and oxygen atoms in total. The monoisotopic (exact) mass is 231 g/mol. The van der Waals surface area contributed by atoms with Crippen LogP contribution < -0.4 is 5.73 Å². The third kappa shape index (κ3) is 6.97. The fraction of sp³-hybridized carbons (Fsp3) is 0.600. The van der Waals surface area contributed by atoms with Crippen molar-refractivity contribution in [3.63, 3.8) is 0 Å². The van der Waals surface area contributed by atoms with E-state index >= 15 is 0 Å². The zero-order valence-electron chi connectivity index (χ0n) is 9.31. The summed E-state index contributed by atoms with van der Waals surface area (Å²) in [4.78, 5) is 22.0. The van der Waals surface area contributed by atoms with Gasteiger partial charge in [0, 0.05) is 13.5 Å². The van der Waals surface area contributed by atoms with E-state index in [0.29, 0.717) is 0 Å². The molecular formula is C10H17NO5. The molecule has 0 saturated carbocycles. The van der Waals surface area contributed by atoms with Crippen molar-refractivity contribution in [2.75, 3.05) is 26.4 Å². The average Bonchev–Trinajstić information content (AvgIpc) is 2.25. The molecule has 0 aliphatic rings. The Bertz CT molecular complexity index is 241. The number of ether oxygens (including phenoxy) is 3. The molecule has 0 aliphatic heterocycles. The van der Waals surface area contributed by atoms with Crippen molar-refractivity contribution in [2.45, 2.75) is 13.0 Å². The number of rotatable bonds is 8. The van der Waals surface area contributed by atoms with Gasteiger partial charge in [-0.25, -0.2) is 4.79 Å². The Morgan fingerprint density at radius 2 is 2.12 bits per heavy atom. The first-order valence-corrected chi connectivity index (χ1v) is 4.84. The SMILES string of the molecule is C=CCOC(=O)C(COC(C)=O)OCCN. The number of carbonyl (C=O) groups excluding carboxylic acids is 2. The molecule has 0 radical (unpaired) electrons. The molecule has 0 aromatic carbocycles. The molecule has 0 amide bonds. The lowest BCUT2D eigenvalue weighted by Gasteiger charge is -2.15. The van der Waals surface area contributed by atoms with Gasteiger partial charge in [0.2, 0.25) is 0 Å². The molecule has 92 valence electrons. The third-order valence-electron chi connectivity index (χ3n) is 1.48. The van der Waals surface area contributed by atoms with E-state index < -0.39 is 18.0 Å². The van der Waals surface area contributed by atoms with Gasteiger partial charge in [0.25, 0.3) is 0 Å². The first-order chi connectivity index (χ1) is 7.61. The Kier molecular flexibility index (Phi) is 8.10. The minimum atomic E-state index is -0.938. The Morgan fingerprint density at radius 1 is 1.44 bits per heavy atom. The molecule has 16 heavy (non-hydrogen) atoms. The van der Waals surface area contributed by atoms with Crippen LogP contribution in [0, 0.1) is 0 Å². The molecule has 0 rings (SSSR count). The first kappa shape index (κ1) is 14.6. The van der Waals surface area contributed by atoms with Gasteiger partial charge in [-0.15, -0.1) is 0 Å². The van der Waals surface area contributed by atoms with E-state index in [4.69, 9.17) is 15.2 Å². The highest BCUT2D eigenvalue weighted by Gasteiger charge is 2.21. The van der Waals surface area contributed by atoms with Crippen molar-refractivity contribution in [2.24, 2.45) is 5.73 Å². The van der Waals surface area contributed by atoms with Crippen LogP contribution in [0.3, 0.4) is 0 Å². The second-order valence-corrected chi connectivity index (χ2v) is 2.87. The second kappa shape index (κ2) is 8.87. The summed E-state index contributed by atoms with van der Waals surface area (Å²) in [6.07, 6.45) is 0.497. The van der Waals surface area contributed by atoms with Crippen molar-refractivity contribution >= 4 is 11.9 Å². The maximum Gasteiger partial charge on any atom is 0.339 e. The molecule has 0 aromatic rings. The lowest BCUT2D eigenvalue weighted by Crippen LogP contribution is -2.33. The summed E-state index contributed by atoms with van der Waals surface area (Å²) in [5.41, 5.74) is 5.23. The van der Waals surface area contributed by atoms with Crippen LogP contribution in [0.1, 0.15) is 6.92 Å². The normalized spacial score (nSPS) is 11.6. The molecule has 2 N–H and O–H groups in total. The van der Waals surface area contributed by atoms with E-state index in [2.05, 4.69) is 11.3 Å². The van der Waals surface area contributed by atoms with Gasteiger partial charge in [-0.1, -0.05) is 12.7 Å². The van der Waals surface area contributed by atoms with E-state index in [9.17, 15) is 9.59 Å². The molecule has 0 aromatic heterocycles. The average molecular weight is 231 g/mol. The Labute approximate surface area is 94.3 Å². The Morgan fingerprint density at radius 3 is 2.62 bits per heavy atom. The summed E-state index contributed by atoms with van der Waals surface area (Å²) in [7, 11) is 0. The van der Waals surface area contributed by atoms with Gasteiger partial charge in [0.15, 0.2) is 6.10 Å². The molecule has 0 spiro atoms. The fourth-order valence-corrected chi connectivity index (χ4v) is 0.822. The molecule has 1 unspecified atom stereocenters. The summed E-state index contributed by atoms with van der Waals surface area (Å²) in [6.45, 7) is 5.02. The Balaban J connectivity index is 4.10. The number of hydrogen-bond donors (Lipinski definition) is 1. The number of esters is 2. The van der Waals surface area contributed by atoms with Gasteiger partial charge >= 0.3 is 11.9 Å². The zero-order valence-corrected chi connectivity index (χ0v) is 9.31. The van der Waals surface area contributed by atoms with E-state index in [1.165, 1.54) is 13.0 Å². The summed E-state index contributed by atoms with van der Waals surface area (Å²) in [6, 6.07) is 0. The van der Waals surface area contributed by atoms with Gasteiger partial charge < -0.3 is 19.9 Å².